The molecular formula is C18H20BrNO4. The number of carbonyl (C=O) groups excluding carboxylic acids is 1. The van der Waals surface area contributed by atoms with E-state index >= 15 is 0 Å². The number of hydrogen-bond acceptors (Lipinski definition) is 4. The Hall–Kier alpha value is -1.89. The maximum absolute atomic E-state index is 12.1. The van der Waals surface area contributed by atoms with Gasteiger partial charge in [0.05, 0.1) is 13.0 Å². The highest BCUT2D eigenvalue weighted by atomic mass is 79.9. The Morgan fingerprint density at radius 2 is 1.96 bits per heavy atom. The lowest BCUT2D eigenvalue weighted by atomic mass is 9.82. The van der Waals surface area contributed by atoms with Crippen molar-refractivity contribution in [2.45, 2.75) is 18.9 Å². The molecule has 0 heterocycles. The number of carbonyl (C=O) groups is 1. The van der Waals surface area contributed by atoms with E-state index in [4.69, 9.17) is 4.74 Å². The van der Waals surface area contributed by atoms with Gasteiger partial charge in [-0.2, -0.15) is 0 Å². The van der Waals surface area contributed by atoms with Gasteiger partial charge in [-0.05, 0) is 30.7 Å². The van der Waals surface area contributed by atoms with Gasteiger partial charge in [-0.25, -0.2) is 5.06 Å². The predicted molar refractivity (Wildman–Crippen MR) is 93.9 cm³/mol. The molecular weight excluding hydrogens is 374 g/mol. The fraction of sp³-hybridized carbons (Fsp3) is 0.278. The van der Waals surface area contributed by atoms with E-state index in [0.29, 0.717) is 28.5 Å². The molecule has 0 fully saturated rings. The van der Waals surface area contributed by atoms with E-state index in [0.717, 1.165) is 4.47 Å². The quantitative estimate of drug-likeness (QED) is 0.583. The van der Waals surface area contributed by atoms with E-state index in [2.05, 4.69) is 15.9 Å². The predicted octanol–water partition coefficient (Wildman–Crippen LogP) is 3.32. The third kappa shape index (κ3) is 3.95. The molecule has 0 radical (unpaired) electrons. The first-order valence-corrected chi connectivity index (χ1v) is 8.34. The first-order valence-electron chi connectivity index (χ1n) is 7.54. The summed E-state index contributed by atoms with van der Waals surface area (Å²) in [5.74, 6) is -0.111. The maximum Gasteiger partial charge on any atom is 0.249 e. The van der Waals surface area contributed by atoms with Crippen LogP contribution >= 0.6 is 15.9 Å². The topological polar surface area (TPSA) is 70.0 Å². The van der Waals surface area contributed by atoms with Gasteiger partial charge in [0, 0.05) is 17.1 Å². The Bertz CT molecular complexity index is 720. The van der Waals surface area contributed by atoms with E-state index in [1.165, 1.54) is 7.05 Å². The number of ether oxygens (including phenoxy) is 1. The summed E-state index contributed by atoms with van der Waals surface area (Å²) >= 11 is 3.38. The molecule has 1 amide bonds. The zero-order valence-electron chi connectivity index (χ0n) is 13.6. The number of benzene rings is 2. The second kappa shape index (κ2) is 7.79. The van der Waals surface area contributed by atoms with Crippen molar-refractivity contribution in [2.24, 2.45) is 0 Å². The number of aliphatic hydroxyl groups is 1. The molecule has 128 valence electrons. The molecule has 24 heavy (non-hydrogen) atoms. The fourth-order valence-corrected chi connectivity index (χ4v) is 2.92. The van der Waals surface area contributed by atoms with Gasteiger partial charge >= 0.3 is 0 Å². The van der Waals surface area contributed by atoms with E-state index in [1.807, 2.05) is 13.0 Å². The normalized spacial score (nSPS) is 13.2. The summed E-state index contributed by atoms with van der Waals surface area (Å²) in [6.45, 7) is 2.28. The monoisotopic (exact) mass is 393 g/mol. The van der Waals surface area contributed by atoms with Gasteiger partial charge in [-0.1, -0.05) is 46.3 Å². The first-order chi connectivity index (χ1) is 11.4. The summed E-state index contributed by atoms with van der Waals surface area (Å²) < 4.78 is 6.39. The lowest BCUT2D eigenvalue weighted by Crippen LogP contribution is -2.36. The van der Waals surface area contributed by atoms with Crippen LogP contribution in [0.1, 0.15) is 24.5 Å². The smallest absolute Gasteiger partial charge is 0.249 e. The van der Waals surface area contributed by atoms with E-state index in [9.17, 15) is 15.1 Å². The molecule has 0 aliphatic carbocycles. The summed E-state index contributed by atoms with van der Waals surface area (Å²) in [5.41, 5.74) is -0.636. The zero-order valence-corrected chi connectivity index (χ0v) is 15.2. The first kappa shape index (κ1) is 18.4. The van der Waals surface area contributed by atoms with Crippen LogP contribution in [-0.2, 0) is 10.4 Å². The number of amides is 1. The molecule has 2 N–H and O–H groups in total. The molecule has 0 bridgehead atoms. The van der Waals surface area contributed by atoms with Crippen LogP contribution in [-0.4, -0.2) is 34.9 Å². The van der Waals surface area contributed by atoms with Crippen LogP contribution in [0, 0.1) is 0 Å². The molecule has 0 saturated carbocycles. The lowest BCUT2D eigenvalue weighted by Gasteiger charge is -2.31. The average Bonchev–Trinajstić information content (AvgIpc) is 2.55. The van der Waals surface area contributed by atoms with Crippen LogP contribution in [0.4, 0.5) is 0 Å². The Labute approximate surface area is 149 Å². The molecule has 0 aliphatic heterocycles. The minimum Gasteiger partial charge on any atom is -0.493 e. The number of halogens is 1. The summed E-state index contributed by atoms with van der Waals surface area (Å²) in [7, 11) is 1.23. The van der Waals surface area contributed by atoms with Crippen molar-refractivity contribution in [1.29, 1.82) is 0 Å². The lowest BCUT2D eigenvalue weighted by molar-refractivity contribution is -0.163. The maximum atomic E-state index is 12.1. The number of hydrogen-bond donors (Lipinski definition) is 2. The molecule has 1 atom stereocenters. The van der Waals surface area contributed by atoms with Crippen LogP contribution in [0.3, 0.4) is 0 Å². The second-order valence-corrected chi connectivity index (χ2v) is 6.31. The minimum atomic E-state index is -1.64. The molecule has 2 aromatic carbocycles. The molecule has 5 nitrogen and oxygen atoms in total. The van der Waals surface area contributed by atoms with Gasteiger partial charge in [0.2, 0.25) is 5.91 Å². The number of para-hydroxylation sites is 1. The summed E-state index contributed by atoms with van der Waals surface area (Å²) in [5, 5.41) is 21.4. The van der Waals surface area contributed by atoms with Crippen LogP contribution in [0.15, 0.2) is 53.0 Å². The average molecular weight is 394 g/mol. The van der Waals surface area contributed by atoms with Crippen LogP contribution in [0.5, 0.6) is 5.75 Å². The van der Waals surface area contributed by atoms with Gasteiger partial charge in [0.15, 0.2) is 0 Å². The molecule has 2 rings (SSSR count). The number of rotatable bonds is 6. The molecule has 0 saturated heterocycles. The van der Waals surface area contributed by atoms with Crippen LogP contribution in [0.2, 0.25) is 0 Å². The van der Waals surface area contributed by atoms with Crippen molar-refractivity contribution in [3.8, 4) is 5.75 Å². The summed E-state index contributed by atoms with van der Waals surface area (Å²) in [6.07, 6.45) is -0.319. The molecule has 2 aromatic rings. The summed E-state index contributed by atoms with van der Waals surface area (Å²) in [4.78, 5) is 12.1. The van der Waals surface area contributed by atoms with Crippen LogP contribution in [0.25, 0.3) is 0 Å². The van der Waals surface area contributed by atoms with Gasteiger partial charge < -0.3 is 9.84 Å². The van der Waals surface area contributed by atoms with E-state index in [-0.39, 0.29) is 6.42 Å². The van der Waals surface area contributed by atoms with Crippen molar-refractivity contribution in [3.05, 3.63) is 64.1 Å². The Kier molecular flexibility index (Phi) is 5.99. The van der Waals surface area contributed by atoms with Crippen molar-refractivity contribution < 1.29 is 19.8 Å². The van der Waals surface area contributed by atoms with Gasteiger partial charge in [-0.3, -0.25) is 10.0 Å². The molecule has 1 unspecified atom stereocenters. The zero-order chi connectivity index (χ0) is 17.7. The molecule has 0 aromatic heterocycles. The number of hydroxylamine groups is 2. The third-order valence-electron chi connectivity index (χ3n) is 3.70. The molecule has 0 spiro atoms. The van der Waals surface area contributed by atoms with Gasteiger partial charge in [-0.15, -0.1) is 0 Å². The van der Waals surface area contributed by atoms with Crippen molar-refractivity contribution >= 4 is 21.8 Å². The largest absolute Gasteiger partial charge is 0.493 e. The highest BCUT2D eigenvalue weighted by Crippen LogP contribution is 2.39. The Morgan fingerprint density at radius 3 is 2.58 bits per heavy atom. The van der Waals surface area contributed by atoms with E-state index < -0.39 is 11.5 Å². The molecule has 6 heteroatoms. The Morgan fingerprint density at radius 1 is 1.25 bits per heavy atom. The van der Waals surface area contributed by atoms with Gasteiger partial charge in [0.25, 0.3) is 0 Å². The SMILES string of the molecule is CCOc1ccccc1C(O)(CC(=O)N(C)O)c1cccc(Br)c1. The molecule has 0 aliphatic rings. The van der Waals surface area contributed by atoms with E-state index in [1.54, 1.807) is 42.5 Å². The van der Waals surface area contributed by atoms with Crippen LogP contribution < -0.4 is 4.74 Å². The van der Waals surface area contributed by atoms with Crippen molar-refractivity contribution in [1.82, 2.24) is 5.06 Å². The highest BCUT2D eigenvalue weighted by Gasteiger charge is 2.37. The Balaban J connectivity index is 2.61. The standard InChI is InChI=1S/C18H20BrNO4/c1-3-24-16-10-5-4-9-15(16)18(22,12-17(21)20(2)23)13-7-6-8-14(19)11-13/h4-11,22-23H,3,12H2,1-2H3. The summed E-state index contributed by atoms with van der Waals surface area (Å²) in [6, 6.07) is 14.1. The fourth-order valence-electron chi connectivity index (χ4n) is 2.52. The minimum absolute atomic E-state index is 0.319. The third-order valence-corrected chi connectivity index (χ3v) is 4.20. The van der Waals surface area contributed by atoms with Crippen molar-refractivity contribution in [3.63, 3.8) is 0 Å². The van der Waals surface area contributed by atoms with Gasteiger partial charge in [0.1, 0.15) is 11.4 Å². The number of nitrogens with zero attached hydrogens (tertiary/aromatic N) is 1. The van der Waals surface area contributed by atoms with Crippen molar-refractivity contribution in [2.75, 3.05) is 13.7 Å². The highest BCUT2D eigenvalue weighted by molar-refractivity contribution is 9.10. The second-order valence-electron chi connectivity index (χ2n) is 5.39.